The van der Waals surface area contributed by atoms with Gasteiger partial charge in [-0.15, -0.1) is 0 Å². The number of fused-ring (bicyclic) bond motifs is 1. The molecule has 10 nitrogen and oxygen atoms in total. The maximum Gasteiger partial charge on any atom is 0.407 e. The summed E-state index contributed by atoms with van der Waals surface area (Å²) in [5, 5.41) is 4.05. The normalized spacial score (nSPS) is 12.1. The minimum atomic E-state index is -3.81. The number of amides is 2. The summed E-state index contributed by atoms with van der Waals surface area (Å²) in [6.07, 6.45) is 3.99. The summed E-state index contributed by atoms with van der Waals surface area (Å²) < 4.78 is 34.0. The summed E-state index contributed by atoms with van der Waals surface area (Å²) in [5.41, 5.74) is 7.35. The highest BCUT2D eigenvalue weighted by molar-refractivity contribution is 8.78. The first-order chi connectivity index (χ1) is 19.7. The third-order valence-electron chi connectivity index (χ3n) is 6.20. The Morgan fingerprint density at radius 2 is 1.83 bits per heavy atom. The summed E-state index contributed by atoms with van der Waals surface area (Å²) in [4.78, 5) is 28.4. The van der Waals surface area contributed by atoms with Crippen molar-refractivity contribution in [3.63, 3.8) is 0 Å². The number of rotatable bonds is 19. The number of ether oxygens (including phenoxy) is 1. The van der Waals surface area contributed by atoms with Gasteiger partial charge in [-0.3, -0.25) is 4.79 Å². The molecule has 2 rings (SSSR count). The molecule has 0 atom stereocenters. The summed E-state index contributed by atoms with van der Waals surface area (Å²) in [5.74, 6) is 0.986. The second kappa shape index (κ2) is 18.2. The first-order valence-corrected chi connectivity index (χ1v) is 17.5. The molecule has 0 bridgehead atoms. The van der Waals surface area contributed by atoms with E-state index in [0.29, 0.717) is 24.9 Å². The second-order valence-electron chi connectivity index (χ2n) is 9.44. The number of alkyl carbamates (subject to hydrolysis) is 1. The van der Waals surface area contributed by atoms with Crippen LogP contribution >= 0.6 is 21.6 Å². The van der Waals surface area contributed by atoms with Crippen molar-refractivity contribution in [2.45, 2.75) is 44.4 Å². The zero-order valence-electron chi connectivity index (χ0n) is 24.4. The molecule has 0 aliphatic rings. The molecule has 0 aliphatic carbocycles. The van der Waals surface area contributed by atoms with Crippen LogP contribution in [0.1, 0.15) is 39.5 Å². The number of nitrogens with two attached hydrogens (primary N) is 1. The Hall–Kier alpha value is -2.45. The number of unbranched alkanes of at least 4 members (excludes halogenated alkanes) is 2. The van der Waals surface area contributed by atoms with Crippen molar-refractivity contribution in [2.75, 3.05) is 57.5 Å². The molecule has 0 aliphatic heterocycles. The Morgan fingerprint density at radius 3 is 2.51 bits per heavy atom. The first-order valence-electron chi connectivity index (χ1n) is 13.7. The van der Waals surface area contributed by atoms with Gasteiger partial charge in [0, 0.05) is 79.5 Å². The van der Waals surface area contributed by atoms with Gasteiger partial charge < -0.3 is 25.6 Å². The molecular weight excluding hydrogens is 583 g/mol. The molecule has 0 aromatic heterocycles. The van der Waals surface area contributed by atoms with Gasteiger partial charge in [-0.2, -0.15) is 0 Å². The molecule has 0 unspecified atom stereocenters. The van der Waals surface area contributed by atoms with E-state index in [1.165, 1.54) is 0 Å². The standard InChI is InChI=1S/C28H43N5O5S3/c1-5-6-7-20-39-40-26(22(2)33(21-34)18-15-29)14-19-38-28(35)30-16-17-31-41(36,37)27-13-9-10-23-24(27)11-8-12-25(23)32(3)4/h8-13,21,31H,5-7,14-20,29H2,1-4H3,(H,30,35). The number of nitrogens with zero attached hydrogens (tertiary/aromatic N) is 2. The lowest BCUT2D eigenvalue weighted by Gasteiger charge is -2.21. The molecule has 13 heteroatoms. The van der Waals surface area contributed by atoms with Gasteiger partial charge in [-0.25, -0.2) is 17.9 Å². The van der Waals surface area contributed by atoms with Gasteiger partial charge in [0.2, 0.25) is 16.4 Å². The molecule has 4 N–H and O–H groups in total. The van der Waals surface area contributed by atoms with Gasteiger partial charge in [0.15, 0.2) is 0 Å². The topological polar surface area (TPSA) is 134 Å². The second-order valence-corrected chi connectivity index (χ2v) is 13.7. The molecule has 2 aromatic carbocycles. The summed E-state index contributed by atoms with van der Waals surface area (Å²) in [6, 6.07) is 10.7. The highest BCUT2D eigenvalue weighted by atomic mass is 33.1. The van der Waals surface area contributed by atoms with Crippen LogP contribution in [0.15, 0.2) is 51.9 Å². The maximum absolute atomic E-state index is 13.0. The molecule has 0 spiro atoms. The van der Waals surface area contributed by atoms with Crippen LogP contribution in [0, 0.1) is 0 Å². The van der Waals surface area contributed by atoms with E-state index >= 15 is 0 Å². The number of allylic oxidation sites excluding steroid dienone is 1. The number of carbonyl (C=O) groups is 2. The summed E-state index contributed by atoms with van der Waals surface area (Å²) in [7, 11) is 3.31. The van der Waals surface area contributed by atoms with Crippen molar-refractivity contribution in [3.05, 3.63) is 47.0 Å². The van der Waals surface area contributed by atoms with Crippen molar-refractivity contribution in [2.24, 2.45) is 5.73 Å². The van der Waals surface area contributed by atoms with Gasteiger partial charge >= 0.3 is 6.09 Å². The number of sulfonamides is 1. The molecule has 0 saturated carbocycles. The Bertz CT molecular complexity index is 1270. The van der Waals surface area contributed by atoms with E-state index < -0.39 is 16.1 Å². The van der Waals surface area contributed by atoms with E-state index in [1.54, 1.807) is 44.7 Å². The number of hydrogen-bond acceptors (Lipinski definition) is 9. The Morgan fingerprint density at radius 1 is 1.10 bits per heavy atom. The molecule has 2 aromatic rings. The van der Waals surface area contributed by atoms with E-state index in [0.717, 1.165) is 53.1 Å². The highest BCUT2D eigenvalue weighted by Gasteiger charge is 2.18. The van der Waals surface area contributed by atoms with Crippen molar-refractivity contribution in [3.8, 4) is 0 Å². The van der Waals surface area contributed by atoms with E-state index in [-0.39, 0.29) is 24.6 Å². The lowest BCUT2D eigenvalue weighted by molar-refractivity contribution is -0.116. The molecule has 0 heterocycles. The molecule has 228 valence electrons. The molecule has 0 radical (unpaired) electrons. The van der Waals surface area contributed by atoms with Crippen LogP contribution < -0.4 is 20.7 Å². The van der Waals surface area contributed by atoms with Crippen molar-refractivity contribution < 1.29 is 22.7 Å². The lowest BCUT2D eigenvalue weighted by Crippen LogP contribution is -2.35. The fourth-order valence-electron chi connectivity index (χ4n) is 4.01. The average Bonchev–Trinajstić information content (AvgIpc) is 2.96. The van der Waals surface area contributed by atoms with Crippen molar-refractivity contribution in [1.82, 2.24) is 14.9 Å². The summed E-state index contributed by atoms with van der Waals surface area (Å²) in [6.45, 7) is 4.96. The van der Waals surface area contributed by atoms with Crippen LogP contribution in [0.5, 0.6) is 0 Å². The van der Waals surface area contributed by atoms with Gasteiger partial charge in [0.05, 0.1) is 11.5 Å². The molecule has 0 fully saturated rings. The lowest BCUT2D eigenvalue weighted by atomic mass is 10.1. The van der Waals surface area contributed by atoms with E-state index in [1.807, 2.05) is 44.1 Å². The largest absolute Gasteiger partial charge is 0.449 e. The zero-order chi connectivity index (χ0) is 30.3. The predicted octanol–water partition coefficient (Wildman–Crippen LogP) is 4.52. The van der Waals surface area contributed by atoms with Gasteiger partial charge in [0.1, 0.15) is 0 Å². The van der Waals surface area contributed by atoms with Crippen LogP contribution in [-0.2, 0) is 19.6 Å². The smallest absolute Gasteiger partial charge is 0.407 e. The quantitative estimate of drug-likeness (QED) is 0.117. The number of nitrogens with one attached hydrogen (secondary N) is 2. The Balaban J connectivity index is 1.89. The van der Waals surface area contributed by atoms with Crippen molar-refractivity contribution >= 4 is 60.6 Å². The SMILES string of the molecule is CCCCCSSC(CCOC(=O)NCCNS(=O)(=O)c1cccc2c(N(C)C)cccc12)=C(C)N(C=O)CCN. The van der Waals surface area contributed by atoms with E-state index in [4.69, 9.17) is 10.5 Å². The van der Waals surface area contributed by atoms with E-state index in [9.17, 15) is 18.0 Å². The fraction of sp³-hybridized carbons (Fsp3) is 0.500. The average molecular weight is 626 g/mol. The third kappa shape index (κ3) is 11.0. The minimum absolute atomic E-state index is 0.00306. The number of benzene rings is 2. The molecule has 0 saturated heterocycles. The van der Waals surface area contributed by atoms with Gasteiger partial charge in [-0.05, 0) is 25.5 Å². The number of hydrogen-bond donors (Lipinski definition) is 3. The van der Waals surface area contributed by atoms with Gasteiger partial charge in [0.25, 0.3) is 0 Å². The fourth-order valence-corrected chi connectivity index (χ4v) is 7.86. The van der Waals surface area contributed by atoms with Crippen molar-refractivity contribution in [1.29, 1.82) is 0 Å². The Labute approximate surface area is 252 Å². The minimum Gasteiger partial charge on any atom is -0.449 e. The molecule has 41 heavy (non-hydrogen) atoms. The highest BCUT2D eigenvalue weighted by Crippen LogP contribution is 2.36. The first kappa shape index (κ1) is 34.7. The summed E-state index contributed by atoms with van der Waals surface area (Å²) >= 11 is 0. The van der Waals surface area contributed by atoms with Crippen LogP contribution in [0.3, 0.4) is 0 Å². The number of anilines is 1. The third-order valence-corrected chi connectivity index (χ3v) is 10.5. The zero-order valence-corrected chi connectivity index (χ0v) is 26.8. The monoisotopic (exact) mass is 625 g/mol. The predicted molar refractivity (Wildman–Crippen MR) is 172 cm³/mol. The van der Waals surface area contributed by atoms with Crippen LogP contribution in [-0.4, -0.2) is 78.5 Å². The van der Waals surface area contributed by atoms with Gasteiger partial charge in [-0.1, -0.05) is 65.6 Å². The van der Waals surface area contributed by atoms with Crippen LogP contribution in [0.4, 0.5) is 10.5 Å². The van der Waals surface area contributed by atoms with Crippen LogP contribution in [0.25, 0.3) is 10.8 Å². The van der Waals surface area contributed by atoms with Crippen LogP contribution in [0.2, 0.25) is 0 Å². The molecular formula is C28H43N5O5S3. The molecule has 2 amide bonds. The maximum atomic E-state index is 13.0. The van der Waals surface area contributed by atoms with E-state index in [2.05, 4.69) is 17.0 Å². The number of carbonyl (C=O) groups excluding carboxylic acids is 2. The Kier molecular flexibility index (Phi) is 15.4.